The Balaban J connectivity index is 0.000000218. The van der Waals surface area contributed by atoms with Gasteiger partial charge in [-0.15, -0.1) is 0 Å². The Morgan fingerprint density at radius 1 is 0.789 bits per heavy atom. The van der Waals surface area contributed by atoms with Crippen LogP contribution in [0, 0.1) is 0 Å². The number of rotatable bonds is 2. The first-order chi connectivity index (χ1) is 8.95. The van der Waals surface area contributed by atoms with E-state index in [1.54, 1.807) is 36.4 Å². The van der Waals surface area contributed by atoms with Gasteiger partial charge in [0.1, 0.15) is 11.5 Å². The van der Waals surface area contributed by atoms with Crippen molar-refractivity contribution in [2.24, 2.45) is 0 Å². The maximum absolute atomic E-state index is 9.10. The highest BCUT2D eigenvalue weighted by Crippen LogP contribution is 2.27. The second kappa shape index (κ2) is 6.83. The molecule has 0 bridgehead atoms. The Hall–Kier alpha value is -1.96. The van der Waals surface area contributed by atoms with E-state index in [9.17, 15) is 0 Å². The number of phenolic OH excluding ortho intramolecular Hbond substituents is 2. The lowest BCUT2D eigenvalue weighted by molar-refractivity contribution is 0.471. The van der Waals surface area contributed by atoms with E-state index in [0.29, 0.717) is 11.5 Å². The van der Waals surface area contributed by atoms with Gasteiger partial charge in [-0.25, -0.2) is 0 Å². The molecule has 102 valence electrons. The normalized spacial score (nSPS) is 10.5. The summed E-state index contributed by atoms with van der Waals surface area (Å²) in [6.07, 6.45) is 1.11. The highest BCUT2D eigenvalue weighted by atomic mass is 16.3. The second-order valence-corrected chi connectivity index (χ2v) is 5.12. The highest BCUT2D eigenvalue weighted by Gasteiger charge is 2.17. The average Bonchev–Trinajstić information content (AvgIpc) is 2.41. The van der Waals surface area contributed by atoms with E-state index in [1.165, 1.54) is 5.56 Å². The molecule has 0 radical (unpaired) electrons. The third-order valence-corrected chi connectivity index (χ3v) is 3.29. The van der Waals surface area contributed by atoms with E-state index >= 15 is 0 Å². The molecule has 0 aliphatic rings. The molecule has 0 fully saturated rings. The Bertz CT molecular complexity index is 472. The smallest absolute Gasteiger partial charge is 0.115 e. The number of phenols is 2. The Morgan fingerprint density at radius 2 is 1.26 bits per heavy atom. The van der Waals surface area contributed by atoms with Crippen LogP contribution in [0.1, 0.15) is 32.8 Å². The molecular formula is C17H22O2. The van der Waals surface area contributed by atoms with Crippen LogP contribution < -0.4 is 0 Å². The van der Waals surface area contributed by atoms with Crippen LogP contribution in [0.5, 0.6) is 11.5 Å². The summed E-state index contributed by atoms with van der Waals surface area (Å²) < 4.78 is 0. The van der Waals surface area contributed by atoms with E-state index in [4.69, 9.17) is 10.2 Å². The fourth-order valence-corrected chi connectivity index (χ4v) is 1.54. The third-order valence-electron chi connectivity index (χ3n) is 3.29. The van der Waals surface area contributed by atoms with Gasteiger partial charge in [0.05, 0.1) is 0 Å². The van der Waals surface area contributed by atoms with Gasteiger partial charge in [0.25, 0.3) is 0 Å². The molecule has 0 atom stereocenters. The molecule has 0 unspecified atom stereocenters. The predicted octanol–water partition coefficient (Wildman–Crippen LogP) is 4.47. The molecule has 0 aliphatic heterocycles. The van der Waals surface area contributed by atoms with E-state index in [0.717, 1.165) is 6.42 Å². The van der Waals surface area contributed by atoms with Gasteiger partial charge < -0.3 is 10.2 Å². The molecule has 0 aromatic heterocycles. The molecule has 0 heterocycles. The lowest BCUT2D eigenvalue weighted by Crippen LogP contribution is -2.14. The lowest BCUT2D eigenvalue weighted by atomic mass is 9.82. The minimum absolute atomic E-state index is 0.216. The van der Waals surface area contributed by atoms with E-state index in [1.807, 2.05) is 18.2 Å². The van der Waals surface area contributed by atoms with Gasteiger partial charge in [0, 0.05) is 0 Å². The van der Waals surface area contributed by atoms with Crippen LogP contribution in [-0.2, 0) is 5.41 Å². The van der Waals surface area contributed by atoms with Crippen LogP contribution in [-0.4, -0.2) is 10.2 Å². The molecule has 0 amide bonds. The second-order valence-electron chi connectivity index (χ2n) is 5.12. The fourth-order valence-electron chi connectivity index (χ4n) is 1.54. The molecule has 2 rings (SSSR count). The Labute approximate surface area is 115 Å². The van der Waals surface area contributed by atoms with Crippen molar-refractivity contribution in [2.45, 2.75) is 32.6 Å². The van der Waals surface area contributed by atoms with E-state index in [2.05, 4.69) is 20.8 Å². The maximum Gasteiger partial charge on any atom is 0.115 e. The van der Waals surface area contributed by atoms with Crippen molar-refractivity contribution in [3.05, 3.63) is 60.2 Å². The Kier molecular flexibility index (Phi) is 5.43. The van der Waals surface area contributed by atoms with Crippen molar-refractivity contribution < 1.29 is 10.2 Å². The largest absolute Gasteiger partial charge is 0.508 e. The van der Waals surface area contributed by atoms with Gasteiger partial charge in [0.2, 0.25) is 0 Å². The summed E-state index contributed by atoms with van der Waals surface area (Å²) >= 11 is 0. The van der Waals surface area contributed by atoms with E-state index < -0.39 is 0 Å². The van der Waals surface area contributed by atoms with E-state index in [-0.39, 0.29) is 5.41 Å². The number of hydrogen-bond acceptors (Lipinski definition) is 2. The first kappa shape index (κ1) is 15.1. The summed E-state index contributed by atoms with van der Waals surface area (Å²) in [4.78, 5) is 0. The van der Waals surface area contributed by atoms with Crippen LogP contribution in [0.15, 0.2) is 54.6 Å². The van der Waals surface area contributed by atoms with Crippen LogP contribution in [0.4, 0.5) is 0 Å². The number of para-hydroxylation sites is 1. The summed E-state index contributed by atoms with van der Waals surface area (Å²) in [5.41, 5.74) is 1.50. The highest BCUT2D eigenvalue weighted by molar-refractivity contribution is 5.30. The van der Waals surface area contributed by atoms with Crippen LogP contribution >= 0.6 is 0 Å². The molecule has 0 spiro atoms. The average molecular weight is 258 g/mol. The molecule has 0 saturated heterocycles. The zero-order valence-electron chi connectivity index (χ0n) is 11.8. The minimum atomic E-state index is 0.216. The summed E-state index contributed by atoms with van der Waals surface area (Å²) in [6, 6.07) is 16.2. The molecule has 0 saturated carbocycles. The zero-order chi connectivity index (χ0) is 14.3. The van der Waals surface area contributed by atoms with Crippen LogP contribution in [0.25, 0.3) is 0 Å². The van der Waals surface area contributed by atoms with Crippen molar-refractivity contribution >= 4 is 0 Å². The molecule has 19 heavy (non-hydrogen) atoms. The first-order valence-corrected chi connectivity index (χ1v) is 6.49. The molecule has 2 N–H and O–H groups in total. The van der Waals surface area contributed by atoms with Gasteiger partial charge in [-0.05, 0) is 41.7 Å². The van der Waals surface area contributed by atoms with Gasteiger partial charge >= 0.3 is 0 Å². The first-order valence-electron chi connectivity index (χ1n) is 6.49. The van der Waals surface area contributed by atoms with Crippen molar-refractivity contribution in [1.82, 2.24) is 0 Å². The third kappa shape index (κ3) is 5.04. The SMILES string of the molecule is CCC(C)(C)c1ccc(O)cc1.Oc1ccccc1. The zero-order valence-corrected chi connectivity index (χ0v) is 11.8. The molecular weight excluding hydrogens is 236 g/mol. The lowest BCUT2D eigenvalue weighted by Gasteiger charge is -2.22. The quantitative estimate of drug-likeness (QED) is 0.834. The molecule has 2 heteroatoms. The molecule has 2 aromatic rings. The van der Waals surface area contributed by atoms with Gasteiger partial charge in [-0.2, -0.15) is 0 Å². The monoisotopic (exact) mass is 258 g/mol. The van der Waals surface area contributed by atoms with Crippen molar-refractivity contribution in [3.63, 3.8) is 0 Å². The molecule has 0 aliphatic carbocycles. The number of benzene rings is 2. The van der Waals surface area contributed by atoms with Crippen molar-refractivity contribution in [3.8, 4) is 11.5 Å². The Morgan fingerprint density at radius 3 is 1.63 bits per heavy atom. The predicted molar refractivity (Wildman–Crippen MR) is 79.5 cm³/mol. The van der Waals surface area contributed by atoms with Crippen molar-refractivity contribution in [1.29, 1.82) is 0 Å². The van der Waals surface area contributed by atoms with Gasteiger partial charge in [0.15, 0.2) is 0 Å². The van der Waals surface area contributed by atoms with Crippen molar-refractivity contribution in [2.75, 3.05) is 0 Å². The number of hydrogen-bond donors (Lipinski definition) is 2. The number of aromatic hydroxyl groups is 2. The standard InChI is InChI=1S/C11H16O.C6H6O/c1-4-11(2,3)9-5-7-10(12)8-6-9;7-6-4-2-1-3-5-6/h5-8,12H,4H2,1-3H3;1-5,7H. The summed E-state index contributed by atoms with van der Waals surface area (Å²) in [6.45, 7) is 6.59. The summed E-state index contributed by atoms with van der Waals surface area (Å²) in [7, 11) is 0. The maximum atomic E-state index is 9.10. The topological polar surface area (TPSA) is 40.5 Å². The molecule has 2 aromatic carbocycles. The van der Waals surface area contributed by atoms with Crippen LogP contribution in [0.2, 0.25) is 0 Å². The molecule has 2 nitrogen and oxygen atoms in total. The van der Waals surface area contributed by atoms with Gasteiger partial charge in [-0.3, -0.25) is 0 Å². The summed E-state index contributed by atoms with van der Waals surface area (Å²) in [5, 5.41) is 17.7. The fraction of sp³-hybridized carbons (Fsp3) is 0.294. The van der Waals surface area contributed by atoms with Crippen LogP contribution in [0.3, 0.4) is 0 Å². The summed E-state index contributed by atoms with van der Waals surface area (Å²) in [5.74, 6) is 0.660. The van der Waals surface area contributed by atoms with Gasteiger partial charge in [-0.1, -0.05) is 51.1 Å². The minimum Gasteiger partial charge on any atom is -0.508 e.